The van der Waals surface area contributed by atoms with Gasteiger partial charge in [0, 0.05) is 5.56 Å². The van der Waals surface area contributed by atoms with Crippen molar-refractivity contribution in [3.8, 4) is 21.7 Å². The molecule has 1 heterocycles. The summed E-state index contributed by atoms with van der Waals surface area (Å²) in [6.07, 6.45) is 9.30. The summed E-state index contributed by atoms with van der Waals surface area (Å²) in [5.74, 6) is 0. The van der Waals surface area contributed by atoms with Gasteiger partial charge in [-0.3, -0.25) is 0 Å². The molecule has 1 aromatic heterocycles. The quantitative estimate of drug-likeness (QED) is 0.580. The second kappa shape index (κ2) is 9.22. The van der Waals surface area contributed by atoms with Crippen LogP contribution in [-0.4, -0.2) is 11.6 Å². The van der Waals surface area contributed by atoms with Crippen LogP contribution in [0.5, 0.6) is 5.06 Å². The van der Waals surface area contributed by atoms with E-state index in [-0.39, 0.29) is 0 Å². The number of hydrogen-bond donors (Lipinski definition) is 0. The minimum atomic E-state index is 0.652. The molecule has 0 aliphatic carbocycles. The molecule has 0 spiro atoms. The van der Waals surface area contributed by atoms with Gasteiger partial charge in [-0.1, -0.05) is 68.6 Å². The van der Waals surface area contributed by atoms with Gasteiger partial charge in [0.05, 0.1) is 24.4 Å². The Hall–Kier alpha value is -1.86. The van der Waals surface area contributed by atoms with E-state index in [4.69, 9.17) is 10.00 Å². The maximum absolute atomic E-state index is 9.14. The smallest absolute Gasteiger partial charge is 0.194 e. The molecule has 2 aromatic rings. The van der Waals surface area contributed by atoms with Gasteiger partial charge >= 0.3 is 0 Å². The van der Waals surface area contributed by atoms with Gasteiger partial charge in [-0.05, 0) is 12.5 Å². The first-order valence-electron chi connectivity index (χ1n) is 7.93. The Balaban J connectivity index is 1.81. The molecule has 0 N–H and O–H groups in total. The molecular weight excluding hydrogens is 292 g/mol. The lowest BCUT2D eigenvalue weighted by molar-refractivity contribution is 0.312. The van der Waals surface area contributed by atoms with Crippen molar-refractivity contribution in [3.05, 3.63) is 36.0 Å². The predicted octanol–water partition coefficient (Wildman–Crippen LogP) is 5.42. The molecule has 0 amide bonds. The maximum Gasteiger partial charge on any atom is 0.194 e. The number of nitrogens with zero attached hydrogens (tertiary/aromatic N) is 2. The SMILES string of the molecule is CCCCCCCCOc1cnc(-c2ccccc2C#N)s1. The molecule has 0 aliphatic heterocycles. The first-order valence-corrected chi connectivity index (χ1v) is 8.75. The molecule has 116 valence electrons. The molecule has 0 bridgehead atoms. The van der Waals surface area contributed by atoms with Crippen LogP contribution in [0.1, 0.15) is 51.0 Å². The Kier molecular flexibility index (Phi) is 6.92. The van der Waals surface area contributed by atoms with E-state index in [1.807, 2.05) is 24.3 Å². The third kappa shape index (κ3) is 4.85. The van der Waals surface area contributed by atoms with Crippen LogP contribution in [0, 0.1) is 11.3 Å². The van der Waals surface area contributed by atoms with E-state index in [0.29, 0.717) is 5.56 Å². The summed E-state index contributed by atoms with van der Waals surface area (Å²) in [4.78, 5) is 4.38. The highest BCUT2D eigenvalue weighted by Crippen LogP contribution is 2.32. The minimum Gasteiger partial charge on any atom is -0.483 e. The molecule has 3 nitrogen and oxygen atoms in total. The highest BCUT2D eigenvalue weighted by atomic mass is 32.1. The monoisotopic (exact) mass is 314 g/mol. The van der Waals surface area contributed by atoms with E-state index in [1.54, 1.807) is 6.20 Å². The first-order chi connectivity index (χ1) is 10.8. The molecule has 0 fully saturated rings. The number of aromatic nitrogens is 1. The number of benzene rings is 1. The normalized spacial score (nSPS) is 10.4. The van der Waals surface area contributed by atoms with Gasteiger partial charge in [-0.2, -0.15) is 5.26 Å². The van der Waals surface area contributed by atoms with E-state index < -0.39 is 0 Å². The Morgan fingerprint density at radius 1 is 1.14 bits per heavy atom. The van der Waals surface area contributed by atoms with E-state index in [9.17, 15) is 0 Å². The summed E-state index contributed by atoms with van der Waals surface area (Å²) >= 11 is 1.50. The molecule has 22 heavy (non-hydrogen) atoms. The molecule has 4 heteroatoms. The van der Waals surface area contributed by atoms with E-state index in [2.05, 4.69) is 18.0 Å². The average Bonchev–Trinajstić information content (AvgIpc) is 3.02. The van der Waals surface area contributed by atoms with Gasteiger partial charge in [0.1, 0.15) is 5.01 Å². The van der Waals surface area contributed by atoms with Crippen molar-refractivity contribution < 1.29 is 4.74 Å². The number of ether oxygens (including phenoxy) is 1. The Morgan fingerprint density at radius 3 is 2.73 bits per heavy atom. The van der Waals surface area contributed by atoms with Crippen molar-refractivity contribution in [2.75, 3.05) is 6.61 Å². The third-order valence-corrected chi connectivity index (χ3v) is 4.45. The van der Waals surface area contributed by atoms with Gasteiger partial charge in [-0.25, -0.2) is 4.98 Å². The molecule has 1 aromatic carbocycles. The maximum atomic E-state index is 9.14. The van der Waals surface area contributed by atoms with Crippen LogP contribution in [0.15, 0.2) is 30.5 Å². The van der Waals surface area contributed by atoms with Crippen molar-refractivity contribution in [3.63, 3.8) is 0 Å². The fraction of sp³-hybridized carbons (Fsp3) is 0.444. The van der Waals surface area contributed by atoms with Crippen molar-refractivity contribution in [2.24, 2.45) is 0 Å². The Morgan fingerprint density at radius 2 is 1.91 bits per heavy atom. The number of unbranched alkanes of at least 4 members (excludes halogenated alkanes) is 5. The standard InChI is InChI=1S/C18H22N2OS/c1-2-3-4-5-6-9-12-21-17-14-20-18(22-17)16-11-8-7-10-15(16)13-19/h7-8,10-11,14H,2-6,9,12H2,1H3. The summed E-state index contributed by atoms with van der Waals surface area (Å²) in [6, 6.07) is 9.74. The van der Waals surface area contributed by atoms with Crippen molar-refractivity contribution in [1.29, 1.82) is 5.26 Å². The second-order valence-electron chi connectivity index (χ2n) is 5.26. The molecule has 0 saturated heterocycles. The van der Waals surface area contributed by atoms with Gasteiger partial charge in [-0.15, -0.1) is 0 Å². The van der Waals surface area contributed by atoms with Crippen LogP contribution in [0.3, 0.4) is 0 Å². The predicted molar refractivity (Wildman–Crippen MR) is 91.1 cm³/mol. The molecule has 0 aliphatic rings. The van der Waals surface area contributed by atoms with Crippen LogP contribution >= 0.6 is 11.3 Å². The average molecular weight is 314 g/mol. The highest BCUT2D eigenvalue weighted by molar-refractivity contribution is 7.16. The van der Waals surface area contributed by atoms with Crippen LogP contribution in [0.2, 0.25) is 0 Å². The molecular formula is C18H22N2OS. The number of thiazole rings is 1. The summed E-state index contributed by atoms with van der Waals surface area (Å²) < 4.78 is 5.76. The third-order valence-electron chi connectivity index (χ3n) is 3.50. The zero-order valence-corrected chi connectivity index (χ0v) is 13.9. The minimum absolute atomic E-state index is 0.652. The van der Waals surface area contributed by atoms with Crippen molar-refractivity contribution in [2.45, 2.75) is 45.4 Å². The van der Waals surface area contributed by atoms with Gasteiger partial charge < -0.3 is 4.74 Å². The zero-order valence-electron chi connectivity index (χ0n) is 13.0. The molecule has 0 saturated carbocycles. The summed E-state index contributed by atoms with van der Waals surface area (Å²) in [6.45, 7) is 2.97. The van der Waals surface area contributed by atoms with Gasteiger partial charge in [0.2, 0.25) is 0 Å². The van der Waals surface area contributed by atoms with E-state index >= 15 is 0 Å². The second-order valence-corrected chi connectivity index (χ2v) is 6.25. The summed E-state index contributed by atoms with van der Waals surface area (Å²) in [5.41, 5.74) is 1.53. The topological polar surface area (TPSA) is 45.9 Å². The van der Waals surface area contributed by atoms with Crippen LogP contribution < -0.4 is 4.74 Å². The number of nitriles is 1. The summed E-state index contributed by atoms with van der Waals surface area (Å²) in [5, 5.41) is 10.8. The fourth-order valence-corrected chi connectivity index (χ4v) is 3.10. The molecule has 0 unspecified atom stereocenters. The van der Waals surface area contributed by atoms with Crippen LogP contribution in [-0.2, 0) is 0 Å². The molecule has 2 rings (SSSR count). The lowest BCUT2D eigenvalue weighted by atomic mass is 10.1. The Labute approximate surface area is 136 Å². The largest absolute Gasteiger partial charge is 0.483 e. The van der Waals surface area contributed by atoms with Crippen molar-refractivity contribution >= 4 is 11.3 Å². The van der Waals surface area contributed by atoms with Crippen molar-refractivity contribution in [1.82, 2.24) is 4.98 Å². The number of rotatable bonds is 9. The van der Waals surface area contributed by atoms with Gasteiger partial charge in [0.25, 0.3) is 0 Å². The molecule has 0 radical (unpaired) electrons. The lowest BCUT2D eigenvalue weighted by Crippen LogP contribution is -1.95. The fourth-order valence-electron chi connectivity index (χ4n) is 2.27. The molecule has 0 atom stereocenters. The number of hydrogen-bond acceptors (Lipinski definition) is 4. The lowest BCUT2D eigenvalue weighted by Gasteiger charge is -2.02. The van der Waals surface area contributed by atoms with Gasteiger partial charge in [0.15, 0.2) is 5.06 Å². The van der Waals surface area contributed by atoms with Crippen LogP contribution in [0.4, 0.5) is 0 Å². The highest BCUT2D eigenvalue weighted by Gasteiger charge is 2.09. The van der Waals surface area contributed by atoms with Crippen LogP contribution in [0.25, 0.3) is 10.6 Å². The first kappa shape index (κ1) is 16.5. The van der Waals surface area contributed by atoms with E-state index in [1.165, 1.54) is 43.4 Å². The summed E-state index contributed by atoms with van der Waals surface area (Å²) in [7, 11) is 0. The zero-order chi connectivity index (χ0) is 15.6. The Bertz CT molecular complexity index is 616. The van der Waals surface area contributed by atoms with E-state index in [0.717, 1.165) is 28.7 Å².